The number of carbonyl (C=O) groups is 1. The van der Waals surface area contributed by atoms with Gasteiger partial charge in [-0.2, -0.15) is 0 Å². The number of benzene rings is 2. The molecule has 4 aromatic rings. The van der Waals surface area contributed by atoms with Crippen LogP contribution in [0.25, 0.3) is 5.69 Å². The minimum absolute atomic E-state index is 0.218. The average molecular weight is 401 g/mol. The topological polar surface area (TPSA) is 72.7 Å². The van der Waals surface area contributed by atoms with Crippen molar-refractivity contribution in [1.29, 1.82) is 0 Å². The van der Waals surface area contributed by atoms with Crippen molar-refractivity contribution in [1.82, 2.24) is 19.5 Å². The molecular weight excluding hydrogens is 382 g/mol. The molecule has 0 aliphatic heterocycles. The first-order chi connectivity index (χ1) is 14.1. The van der Waals surface area contributed by atoms with E-state index < -0.39 is 0 Å². The number of hydrogen-bond acceptors (Lipinski definition) is 5. The number of rotatable bonds is 5. The normalized spacial score (nSPS) is 10.7. The summed E-state index contributed by atoms with van der Waals surface area (Å²) < 4.78 is 1.76. The lowest BCUT2D eigenvalue weighted by atomic mass is 10.3. The van der Waals surface area contributed by atoms with E-state index >= 15 is 0 Å². The number of aromatic nitrogens is 4. The van der Waals surface area contributed by atoms with E-state index in [9.17, 15) is 4.79 Å². The van der Waals surface area contributed by atoms with Crippen LogP contribution in [0, 0.1) is 13.8 Å². The molecule has 7 heteroatoms. The number of para-hydroxylation sites is 1. The Morgan fingerprint density at radius 3 is 2.34 bits per heavy atom. The highest BCUT2D eigenvalue weighted by Gasteiger charge is 2.13. The average Bonchev–Trinajstić information content (AvgIpc) is 3.19. The second-order valence-corrected chi connectivity index (χ2v) is 7.54. The number of anilines is 1. The Morgan fingerprint density at radius 2 is 1.66 bits per heavy atom. The third kappa shape index (κ3) is 4.52. The summed E-state index contributed by atoms with van der Waals surface area (Å²) in [5.41, 5.74) is 3.95. The first-order valence-corrected chi connectivity index (χ1v) is 9.89. The highest BCUT2D eigenvalue weighted by molar-refractivity contribution is 7.99. The molecule has 2 aromatic heterocycles. The zero-order valence-corrected chi connectivity index (χ0v) is 16.9. The number of nitrogens with one attached hydrogen (secondary N) is 1. The fourth-order valence-corrected chi connectivity index (χ4v) is 3.77. The fourth-order valence-electron chi connectivity index (χ4n) is 2.90. The molecule has 0 atom stereocenters. The fraction of sp³-hybridized carbons (Fsp3) is 0.0909. The molecule has 0 aliphatic carbocycles. The Labute approximate surface area is 173 Å². The molecule has 1 N–H and O–H groups in total. The van der Waals surface area contributed by atoms with Crippen molar-refractivity contribution in [3.05, 3.63) is 90.3 Å². The summed E-state index contributed by atoms with van der Waals surface area (Å²) in [4.78, 5) is 26.7. The molecular formula is C22H19N5OS. The van der Waals surface area contributed by atoms with Crippen molar-refractivity contribution in [2.45, 2.75) is 23.9 Å². The van der Waals surface area contributed by atoms with Crippen LogP contribution in [0.5, 0.6) is 0 Å². The monoisotopic (exact) mass is 401 g/mol. The molecule has 0 fully saturated rings. The van der Waals surface area contributed by atoms with Gasteiger partial charge in [0, 0.05) is 27.7 Å². The number of hydrogen-bond donors (Lipinski definition) is 1. The van der Waals surface area contributed by atoms with Gasteiger partial charge in [-0.25, -0.2) is 15.0 Å². The smallest absolute Gasteiger partial charge is 0.274 e. The largest absolute Gasteiger partial charge is 0.321 e. The first-order valence-electron chi connectivity index (χ1n) is 9.08. The van der Waals surface area contributed by atoms with Crippen LogP contribution in [0.2, 0.25) is 0 Å². The Hall–Kier alpha value is -3.45. The van der Waals surface area contributed by atoms with E-state index in [1.807, 2.05) is 74.5 Å². The maximum absolute atomic E-state index is 12.7. The number of imidazole rings is 1. The van der Waals surface area contributed by atoms with E-state index in [1.165, 1.54) is 11.8 Å². The van der Waals surface area contributed by atoms with Crippen LogP contribution in [0.3, 0.4) is 0 Å². The van der Waals surface area contributed by atoms with Crippen LogP contribution < -0.4 is 5.32 Å². The Morgan fingerprint density at radius 1 is 0.966 bits per heavy atom. The standard InChI is InChI=1S/C22H19N5OS/c1-15-12-16(2)25-22(24-15)29-19-10-8-17(9-11-19)26-21(28)20-13-23-14-27(20)18-6-4-3-5-7-18/h3-14H,1-2H3,(H,26,28). The van der Waals surface area contributed by atoms with Gasteiger partial charge in [0.25, 0.3) is 5.91 Å². The maximum atomic E-state index is 12.7. The molecule has 2 aromatic carbocycles. The highest BCUT2D eigenvalue weighted by Crippen LogP contribution is 2.26. The van der Waals surface area contributed by atoms with Gasteiger partial charge in [0.2, 0.25) is 0 Å². The van der Waals surface area contributed by atoms with Crippen LogP contribution >= 0.6 is 11.8 Å². The van der Waals surface area contributed by atoms with Crippen molar-refractivity contribution >= 4 is 23.4 Å². The number of carbonyl (C=O) groups excluding carboxylic acids is 1. The molecule has 0 spiro atoms. The molecule has 0 aliphatic rings. The number of nitrogens with zero attached hydrogens (tertiary/aromatic N) is 4. The zero-order chi connectivity index (χ0) is 20.2. The Kier molecular flexibility index (Phi) is 5.39. The molecule has 4 rings (SSSR count). The minimum atomic E-state index is -0.218. The van der Waals surface area contributed by atoms with E-state index in [-0.39, 0.29) is 5.91 Å². The van der Waals surface area contributed by atoms with Crippen LogP contribution in [0.1, 0.15) is 21.9 Å². The molecule has 0 bridgehead atoms. The third-order valence-electron chi connectivity index (χ3n) is 4.19. The molecule has 0 unspecified atom stereocenters. The molecule has 1 amide bonds. The summed E-state index contributed by atoms with van der Waals surface area (Å²) in [7, 11) is 0. The lowest BCUT2D eigenvalue weighted by Crippen LogP contribution is -2.16. The van der Waals surface area contributed by atoms with Gasteiger partial charge in [0.15, 0.2) is 5.16 Å². The lowest BCUT2D eigenvalue weighted by molar-refractivity contribution is 0.102. The van der Waals surface area contributed by atoms with Gasteiger partial charge in [-0.15, -0.1) is 0 Å². The van der Waals surface area contributed by atoms with Crippen LogP contribution in [-0.4, -0.2) is 25.4 Å². The predicted octanol–water partition coefficient (Wildman–Crippen LogP) is 4.68. The quantitative estimate of drug-likeness (QED) is 0.492. The van der Waals surface area contributed by atoms with E-state index in [0.717, 1.165) is 22.0 Å². The Balaban J connectivity index is 1.47. The minimum Gasteiger partial charge on any atom is -0.321 e. The second kappa shape index (κ2) is 8.28. The number of aryl methyl sites for hydroxylation is 2. The third-order valence-corrected chi connectivity index (χ3v) is 5.06. The van der Waals surface area contributed by atoms with Crippen LogP contribution in [-0.2, 0) is 0 Å². The predicted molar refractivity (Wildman–Crippen MR) is 114 cm³/mol. The SMILES string of the molecule is Cc1cc(C)nc(Sc2ccc(NC(=O)c3cncn3-c3ccccc3)cc2)n1. The van der Waals surface area contributed by atoms with Gasteiger partial charge in [-0.3, -0.25) is 9.36 Å². The molecule has 2 heterocycles. The van der Waals surface area contributed by atoms with Crippen molar-refractivity contribution in [3.63, 3.8) is 0 Å². The van der Waals surface area contributed by atoms with E-state index in [1.54, 1.807) is 17.1 Å². The van der Waals surface area contributed by atoms with Gasteiger partial charge in [-0.1, -0.05) is 18.2 Å². The van der Waals surface area contributed by atoms with E-state index in [0.29, 0.717) is 16.5 Å². The summed E-state index contributed by atoms with van der Waals surface area (Å²) in [6, 6.07) is 19.2. The van der Waals surface area contributed by atoms with E-state index in [2.05, 4.69) is 20.3 Å². The van der Waals surface area contributed by atoms with Gasteiger partial charge in [0.1, 0.15) is 5.69 Å². The molecule has 6 nitrogen and oxygen atoms in total. The van der Waals surface area contributed by atoms with Crippen LogP contribution in [0.4, 0.5) is 5.69 Å². The van der Waals surface area contributed by atoms with Crippen molar-refractivity contribution in [2.24, 2.45) is 0 Å². The van der Waals surface area contributed by atoms with Gasteiger partial charge >= 0.3 is 0 Å². The number of amides is 1. The second-order valence-electron chi connectivity index (χ2n) is 6.50. The summed E-state index contributed by atoms with van der Waals surface area (Å²) in [5, 5.41) is 3.64. The van der Waals surface area contributed by atoms with Crippen molar-refractivity contribution in [3.8, 4) is 5.69 Å². The van der Waals surface area contributed by atoms with Crippen LogP contribution in [0.15, 0.2) is 83.2 Å². The summed E-state index contributed by atoms with van der Waals surface area (Å²) in [6.07, 6.45) is 3.19. The molecule has 0 radical (unpaired) electrons. The maximum Gasteiger partial charge on any atom is 0.274 e. The summed E-state index contributed by atoms with van der Waals surface area (Å²) in [6.45, 7) is 3.91. The van der Waals surface area contributed by atoms with Crippen molar-refractivity contribution in [2.75, 3.05) is 5.32 Å². The summed E-state index contributed by atoms with van der Waals surface area (Å²) in [5.74, 6) is -0.218. The van der Waals surface area contributed by atoms with Gasteiger partial charge in [0.05, 0.1) is 12.5 Å². The lowest BCUT2D eigenvalue weighted by Gasteiger charge is -2.09. The highest BCUT2D eigenvalue weighted by atomic mass is 32.2. The van der Waals surface area contributed by atoms with Gasteiger partial charge < -0.3 is 5.32 Å². The Bertz CT molecular complexity index is 1120. The van der Waals surface area contributed by atoms with E-state index in [4.69, 9.17) is 0 Å². The van der Waals surface area contributed by atoms with Crippen molar-refractivity contribution < 1.29 is 4.79 Å². The zero-order valence-electron chi connectivity index (χ0n) is 16.0. The summed E-state index contributed by atoms with van der Waals surface area (Å²) >= 11 is 1.49. The molecule has 29 heavy (non-hydrogen) atoms. The molecule has 0 saturated heterocycles. The van der Waals surface area contributed by atoms with Gasteiger partial charge in [-0.05, 0) is 68.1 Å². The molecule has 144 valence electrons. The first kappa shape index (κ1) is 18.9. The molecule has 0 saturated carbocycles.